The molecule has 0 saturated carbocycles. The Balaban J connectivity index is 1.92. The van der Waals surface area contributed by atoms with Crippen molar-refractivity contribution in [2.24, 2.45) is 0 Å². The number of anilines is 1. The summed E-state index contributed by atoms with van der Waals surface area (Å²) in [4.78, 5) is 24.7. The van der Waals surface area contributed by atoms with Crippen molar-refractivity contribution >= 4 is 51.7 Å². The molecule has 3 rings (SSSR count). The number of hydrogen-bond donors (Lipinski definition) is 1. The molecule has 132 valence electrons. The van der Waals surface area contributed by atoms with E-state index in [2.05, 4.69) is 0 Å². The molecule has 9 heteroatoms. The van der Waals surface area contributed by atoms with Gasteiger partial charge in [0, 0.05) is 6.07 Å². The van der Waals surface area contributed by atoms with E-state index in [-0.39, 0.29) is 5.91 Å². The lowest BCUT2D eigenvalue weighted by molar-refractivity contribution is -0.385. The molecule has 0 spiro atoms. The highest BCUT2D eigenvalue weighted by Gasteiger charge is 2.33. The van der Waals surface area contributed by atoms with Crippen molar-refractivity contribution in [1.82, 2.24) is 0 Å². The predicted molar refractivity (Wildman–Crippen MR) is 103 cm³/mol. The van der Waals surface area contributed by atoms with Crippen molar-refractivity contribution in [2.75, 3.05) is 12.0 Å². The van der Waals surface area contributed by atoms with Gasteiger partial charge in [-0.05, 0) is 42.0 Å². The van der Waals surface area contributed by atoms with Crippen LogP contribution in [0.2, 0.25) is 0 Å². The highest BCUT2D eigenvalue weighted by Crippen LogP contribution is 2.37. The number of rotatable bonds is 4. The third kappa shape index (κ3) is 3.39. The Hall–Kier alpha value is -2.91. The number of carbonyl (C=O) groups is 1. The summed E-state index contributed by atoms with van der Waals surface area (Å²) in [6.45, 7) is 0. The van der Waals surface area contributed by atoms with Crippen LogP contribution in [0.3, 0.4) is 0 Å². The number of ether oxygens (including phenoxy) is 1. The molecule has 1 fully saturated rings. The molecular weight excluding hydrogens is 376 g/mol. The van der Waals surface area contributed by atoms with Gasteiger partial charge < -0.3 is 9.84 Å². The summed E-state index contributed by atoms with van der Waals surface area (Å²) in [6, 6.07) is 10.8. The smallest absolute Gasteiger partial charge is 0.311 e. The van der Waals surface area contributed by atoms with Gasteiger partial charge in [-0.2, -0.15) is 0 Å². The third-order valence-corrected chi connectivity index (χ3v) is 4.92. The number of nitro groups is 1. The summed E-state index contributed by atoms with van der Waals surface area (Å²) >= 11 is 6.40. The highest BCUT2D eigenvalue weighted by atomic mass is 32.2. The number of amides is 1. The number of thioether (sulfide) groups is 1. The van der Waals surface area contributed by atoms with Gasteiger partial charge in [-0.15, -0.1) is 0 Å². The van der Waals surface area contributed by atoms with Crippen LogP contribution in [0.1, 0.15) is 5.56 Å². The van der Waals surface area contributed by atoms with E-state index in [1.54, 1.807) is 31.4 Å². The number of methoxy groups -OCH3 is 1. The van der Waals surface area contributed by atoms with Gasteiger partial charge in [0.2, 0.25) is 0 Å². The van der Waals surface area contributed by atoms with E-state index in [1.807, 2.05) is 0 Å². The van der Waals surface area contributed by atoms with Gasteiger partial charge >= 0.3 is 5.69 Å². The van der Waals surface area contributed by atoms with Crippen LogP contribution in [-0.2, 0) is 4.79 Å². The number of benzene rings is 2. The van der Waals surface area contributed by atoms with Crippen LogP contribution in [0.5, 0.6) is 11.5 Å². The molecule has 0 bridgehead atoms. The summed E-state index contributed by atoms with van der Waals surface area (Å²) < 4.78 is 5.46. The molecule has 0 aliphatic carbocycles. The number of nitrogens with zero attached hydrogens (tertiary/aromatic N) is 2. The standard InChI is InChI=1S/C17H12N2O5S2/c1-24-12-5-3-11(4-6-12)18-16(21)15(26-17(18)25)9-10-2-7-14(20)13(8-10)19(22)23/h2-9,20H,1H3/b15-9+. The lowest BCUT2D eigenvalue weighted by Gasteiger charge is -2.14. The molecule has 0 unspecified atom stereocenters. The molecule has 0 aromatic heterocycles. The van der Waals surface area contributed by atoms with Crippen LogP contribution in [0.25, 0.3) is 6.08 Å². The fraction of sp³-hybridized carbons (Fsp3) is 0.0588. The maximum atomic E-state index is 12.7. The van der Waals surface area contributed by atoms with Gasteiger partial charge in [-0.1, -0.05) is 30.0 Å². The summed E-state index contributed by atoms with van der Waals surface area (Å²) in [7, 11) is 1.55. The third-order valence-electron chi connectivity index (χ3n) is 3.62. The van der Waals surface area contributed by atoms with E-state index >= 15 is 0 Å². The average molecular weight is 388 g/mol. The fourth-order valence-electron chi connectivity index (χ4n) is 2.35. The Morgan fingerprint density at radius 2 is 1.96 bits per heavy atom. The van der Waals surface area contributed by atoms with Gasteiger partial charge in [-0.25, -0.2) is 0 Å². The average Bonchev–Trinajstić information content (AvgIpc) is 2.90. The van der Waals surface area contributed by atoms with Crippen LogP contribution in [-0.4, -0.2) is 27.4 Å². The molecule has 26 heavy (non-hydrogen) atoms. The molecule has 0 atom stereocenters. The van der Waals surface area contributed by atoms with E-state index in [1.165, 1.54) is 29.2 Å². The van der Waals surface area contributed by atoms with Crippen LogP contribution >= 0.6 is 24.0 Å². The number of carbonyl (C=O) groups excluding carboxylic acids is 1. The number of aromatic hydroxyl groups is 1. The molecule has 0 radical (unpaired) electrons. The monoisotopic (exact) mass is 388 g/mol. The van der Waals surface area contributed by atoms with E-state index in [0.29, 0.717) is 26.2 Å². The number of phenols is 1. The highest BCUT2D eigenvalue weighted by molar-refractivity contribution is 8.27. The van der Waals surface area contributed by atoms with Crippen LogP contribution in [0.15, 0.2) is 47.4 Å². The van der Waals surface area contributed by atoms with Crippen LogP contribution < -0.4 is 9.64 Å². The lowest BCUT2D eigenvalue weighted by Crippen LogP contribution is -2.27. The normalized spacial score (nSPS) is 15.6. The van der Waals surface area contributed by atoms with Crippen LogP contribution in [0, 0.1) is 10.1 Å². The summed E-state index contributed by atoms with van der Waals surface area (Å²) in [5.74, 6) is -0.0926. The minimum atomic E-state index is -0.685. The zero-order chi connectivity index (χ0) is 18.8. The first-order valence-electron chi connectivity index (χ1n) is 7.30. The minimum absolute atomic E-state index is 0.319. The van der Waals surface area contributed by atoms with Crippen molar-refractivity contribution in [3.8, 4) is 11.5 Å². The Morgan fingerprint density at radius 1 is 1.27 bits per heavy atom. The topological polar surface area (TPSA) is 92.9 Å². The number of phenolic OH excluding ortho intramolecular Hbond substituents is 1. The maximum Gasteiger partial charge on any atom is 0.311 e. The summed E-state index contributed by atoms with van der Waals surface area (Å²) in [6.07, 6.45) is 1.51. The first-order valence-corrected chi connectivity index (χ1v) is 8.52. The van der Waals surface area contributed by atoms with Crippen molar-refractivity contribution in [2.45, 2.75) is 0 Å². The van der Waals surface area contributed by atoms with Gasteiger partial charge in [-0.3, -0.25) is 19.8 Å². The van der Waals surface area contributed by atoms with Crippen molar-refractivity contribution < 1.29 is 19.6 Å². The van der Waals surface area contributed by atoms with E-state index < -0.39 is 16.4 Å². The molecule has 1 amide bonds. The molecule has 1 aliphatic rings. The molecule has 2 aromatic rings. The first kappa shape index (κ1) is 17.9. The second-order valence-corrected chi connectivity index (χ2v) is 6.90. The second-order valence-electron chi connectivity index (χ2n) is 5.22. The molecule has 1 saturated heterocycles. The number of nitro benzene ring substituents is 1. The lowest BCUT2D eigenvalue weighted by atomic mass is 10.1. The van der Waals surface area contributed by atoms with Gasteiger partial charge in [0.1, 0.15) is 5.75 Å². The fourth-order valence-corrected chi connectivity index (χ4v) is 3.65. The first-order chi connectivity index (χ1) is 12.4. The number of thiocarbonyl (C=S) groups is 1. The summed E-state index contributed by atoms with van der Waals surface area (Å²) in [5.41, 5.74) is 0.600. The second kappa shape index (κ2) is 7.14. The molecule has 1 N–H and O–H groups in total. The van der Waals surface area contributed by atoms with Crippen molar-refractivity contribution in [3.63, 3.8) is 0 Å². The molecule has 1 heterocycles. The molecule has 7 nitrogen and oxygen atoms in total. The van der Waals surface area contributed by atoms with E-state index in [9.17, 15) is 20.0 Å². The molecular formula is C17H12N2O5S2. The molecule has 1 aliphatic heterocycles. The predicted octanol–water partition coefficient (Wildman–Crippen LogP) is 3.71. The Morgan fingerprint density at radius 3 is 2.58 bits per heavy atom. The Labute approximate surface area is 158 Å². The van der Waals surface area contributed by atoms with Crippen LogP contribution in [0.4, 0.5) is 11.4 Å². The largest absolute Gasteiger partial charge is 0.502 e. The zero-order valence-corrected chi connectivity index (χ0v) is 15.0. The minimum Gasteiger partial charge on any atom is -0.502 e. The Kier molecular flexibility index (Phi) is 4.92. The Bertz CT molecular complexity index is 941. The van der Waals surface area contributed by atoms with E-state index in [0.717, 1.165) is 11.8 Å². The molecule has 2 aromatic carbocycles. The maximum absolute atomic E-state index is 12.7. The van der Waals surface area contributed by atoms with Gasteiger partial charge in [0.15, 0.2) is 10.1 Å². The zero-order valence-electron chi connectivity index (χ0n) is 13.4. The van der Waals surface area contributed by atoms with Crippen molar-refractivity contribution in [3.05, 3.63) is 63.0 Å². The SMILES string of the molecule is COc1ccc(N2C(=O)/C(=C\c3ccc(O)c([N+](=O)[O-])c3)SC2=S)cc1. The van der Waals surface area contributed by atoms with E-state index in [4.69, 9.17) is 17.0 Å². The summed E-state index contributed by atoms with van der Waals surface area (Å²) in [5, 5.41) is 20.5. The van der Waals surface area contributed by atoms with Gasteiger partial charge in [0.05, 0.1) is 22.6 Å². The van der Waals surface area contributed by atoms with Crippen molar-refractivity contribution in [1.29, 1.82) is 0 Å². The van der Waals surface area contributed by atoms with Gasteiger partial charge in [0.25, 0.3) is 5.91 Å². The quantitative estimate of drug-likeness (QED) is 0.369. The number of hydrogen-bond acceptors (Lipinski definition) is 7.